The first kappa shape index (κ1) is 19.5. The lowest BCUT2D eigenvalue weighted by Crippen LogP contribution is -2.27. The summed E-state index contributed by atoms with van der Waals surface area (Å²) in [6.45, 7) is 2.66. The quantitative estimate of drug-likeness (QED) is 0.397. The van der Waals surface area contributed by atoms with E-state index in [4.69, 9.17) is 9.97 Å². The molecule has 4 aromatic rings. The molecule has 33 heavy (non-hydrogen) atoms. The molecule has 0 amide bonds. The zero-order valence-electron chi connectivity index (χ0n) is 18.1. The fourth-order valence-electron chi connectivity index (χ4n) is 3.87. The normalized spacial score (nSPS) is 14.8. The molecule has 0 unspecified atom stereocenters. The number of allylic oxidation sites excluding steroid dienone is 5. The van der Waals surface area contributed by atoms with Crippen molar-refractivity contribution in [2.24, 2.45) is 7.05 Å². The molecule has 2 aliphatic heterocycles. The van der Waals surface area contributed by atoms with Gasteiger partial charge in [0, 0.05) is 48.3 Å². The highest BCUT2D eigenvalue weighted by Crippen LogP contribution is 2.32. The van der Waals surface area contributed by atoms with Crippen LogP contribution in [-0.4, -0.2) is 34.6 Å². The summed E-state index contributed by atoms with van der Waals surface area (Å²) in [4.78, 5) is 17.1. The number of H-pyrrole nitrogens is 1. The van der Waals surface area contributed by atoms with Crippen LogP contribution in [0.1, 0.15) is 11.5 Å². The lowest BCUT2D eigenvalue weighted by Gasteiger charge is -2.32. The molecule has 0 spiro atoms. The van der Waals surface area contributed by atoms with Crippen LogP contribution in [0.2, 0.25) is 0 Å². The van der Waals surface area contributed by atoms with Crippen molar-refractivity contribution >= 4 is 39.1 Å². The Balaban J connectivity index is 1.28. The first-order chi connectivity index (χ1) is 16.1. The van der Waals surface area contributed by atoms with E-state index in [0.717, 1.165) is 50.5 Å². The van der Waals surface area contributed by atoms with Gasteiger partial charge in [-0.15, -0.1) is 11.3 Å². The Kier molecular flexibility index (Phi) is 4.58. The minimum Gasteiger partial charge on any atom is -0.337 e. The van der Waals surface area contributed by atoms with Gasteiger partial charge >= 0.3 is 0 Å². The predicted octanol–water partition coefficient (Wildman–Crippen LogP) is 4.35. The highest BCUT2D eigenvalue weighted by molar-refractivity contribution is 7.16. The van der Waals surface area contributed by atoms with E-state index < -0.39 is 0 Å². The van der Waals surface area contributed by atoms with E-state index in [1.54, 1.807) is 11.3 Å². The third-order valence-corrected chi connectivity index (χ3v) is 6.32. The van der Waals surface area contributed by atoms with E-state index in [9.17, 15) is 0 Å². The maximum absolute atomic E-state index is 4.74. The molecule has 0 radical (unpaired) electrons. The van der Waals surface area contributed by atoms with E-state index in [1.165, 1.54) is 0 Å². The molecule has 4 aromatic heterocycles. The van der Waals surface area contributed by atoms with Crippen LogP contribution in [0.4, 0.5) is 17.6 Å². The van der Waals surface area contributed by atoms with Crippen molar-refractivity contribution in [3.8, 4) is 0 Å². The number of hydrogen-bond donors (Lipinski definition) is 3. The summed E-state index contributed by atoms with van der Waals surface area (Å²) >= 11 is 1.58. The Labute approximate surface area is 193 Å². The first-order valence-corrected chi connectivity index (χ1v) is 11.4. The molecule has 10 heteroatoms. The molecule has 3 N–H and O–H groups in total. The van der Waals surface area contributed by atoms with Gasteiger partial charge < -0.3 is 20.1 Å². The van der Waals surface area contributed by atoms with Gasteiger partial charge in [0.15, 0.2) is 5.82 Å². The first-order valence-electron chi connectivity index (χ1n) is 10.5. The summed E-state index contributed by atoms with van der Waals surface area (Å²) < 4.78 is 2.04. The molecule has 2 aliphatic rings. The standard InChI is InChI=1S/C23H21N9S/c1-14-10-19(30-29-14)26-21-18-6-9-33-22(18)28-23(27-21)25-15-11-16-4-3-5-17(12-15)32(16)13-20-24-7-8-31(20)2/h3-12H,13H2,1-2H3,(H3,25,26,27,28,29,30). The van der Waals surface area contributed by atoms with Gasteiger partial charge in [0.1, 0.15) is 16.5 Å². The Morgan fingerprint density at radius 1 is 1.15 bits per heavy atom. The SMILES string of the molecule is Cc1cc(Nc2nc(NC3=CC4=CC=CC(=C3)N4Cc3nccn3C)nc3sccc23)n[nH]1. The third-order valence-electron chi connectivity index (χ3n) is 5.52. The van der Waals surface area contributed by atoms with Crippen LogP contribution in [0.15, 0.2) is 77.4 Å². The molecule has 0 saturated heterocycles. The molecule has 0 fully saturated rings. The van der Waals surface area contributed by atoms with Crippen molar-refractivity contribution < 1.29 is 0 Å². The lowest BCUT2D eigenvalue weighted by atomic mass is 10.1. The van der Waals surface area contributed by atoms with Gasteiger partial charge in [0.25, 0.3) is 0 Å². The van der Waals surface area contributed by atoms with Crippen LogP contribution in [0.25, 0.3) is 10.2 Å². The second-order valence-electron chi connectivity index (χ2n) is 7.88. The van der Waals surface area contributed by atoms with E-state index in [2.05, 4.69) is 61.1 Å². The van der Waals surface area contributed by atoms with Gasteiger partial charge in [0.05, 0.1) is 11.9 Å². The summed E-state index contributed by atoms with van der Waals surface area (Å²) in [5.74, 6) is 2.97. The van der Waals surface area contributed by atoms with Crippen LogP contribution < -0.4 is 10.6 Å². The lowest BCUT2D eigenvalue weighted by molar-refractivity contribution is 0.418. The fourth-order valence-corrected chi connectivity index (χ4v) is 4.63. The van der Waals surface area contributed by atoms with Crippen LogP contribution >= 0.6 is 11.3 Å². The molecular formula is C23H21N9S. The van der Waals surface area contributed by atoms with Crippen LogP contribution in [0.3, 0.4) is 0 Å². The smallest absolute Gasteiger partial charge is 0.230 e. The molecule has 9 nitrogen and oxygen atoms in total. The average Bonchev–Trinajstić information content (AvgIpc) is 3.51. The summed E-state index contributed by atoms with van der Waals surface area (Å²) in [6, 6.07) is 3.96. The zero-order chi connectivity index (χ0) is 22.4. The van der Waals surface area contributed by atoms with Crippen molar-refractivity contribution in [1.82, 2.24) is 34.6 Å². The largest absolute Gasteiger partial charge is 0.337 e. The third kappa shape index (κ3) is 3.70. The highest BCUT2D eigenvalue weighted by atomic mass is 32.1. The second kappa shape index (κ2) is 7.75. The molecule has 164 valence electrons. The van der Waals surface area contributed by atoms with Gasteiger partial charge in [-0.05, 0) is 42.7 Å². The average molecular weight is 456 g/mol. The summed E-state index contributed by atoms with van der Waals surface area (Å²) in [5.41, 5.74) is 4.08. The van der Waals surface area contributed by atoms with Crippen molar-refractivity contribution in [2.45, 2.75) is 13.5 Å². The number of aryl methyl sites for hydroxylation is 2. The predicted molar refractivity (Wildman–Crippen MR) is 130 cm³/mol. The van der Waals surface area contributed by atoms with Crippen LogP contribution in [0, 0.1) is 6.92 Å². The summed E-state index contributed by atoms with van der Waals surface area (Å²) in [7, 11) is 2.01. The molecule has 0 atom stereocenters. The van der Waals surface area contributed by atoms with E-state index in [-0.39, 0.29) is 0 Å². The van der Waals surface area contributed by atoms with E-state index >= 15 is 0 Å². The van der Waals surface area contributed by atoms with E-state index in [1.807, 2.05) is 48.4 Å². The zero-order valence-corrected chi connectivity index (χ0v) is 18.9. The summed E-state index contributed by atoms with van der Waals surface area (Å²) in [5, 5.41) is 16.9. The minimum absolute atomic E-state index is 0.531. The number of aromatic amines is 1. The summed E-state index contributed by atoms with van der Waals surface area (Å²) in [6.07, 6.45) is 14.2. The Hall–Kier alpha value is -4.18. The van der Waals surface area contributed by atoms with Crippen molar-refractivity contribution in [3.63, 3.8) is 0 Å². The monoisotopic (exact) mass is 455 g/mol. The number of rotatable bonds is 6. The molecule has 0 saturated carbocycles. The van der Waals surface area contributed by atoms with Gasteiger partial charge in [-0.2, -0.15) is 10.1 Å². The number of aromatic nitrogens is 6. The Bertz CT molecular complexity index is 1480. The number of anilines is 3. The number of nitrogens with zero attached hydrogens (tertiary/aromatic N) is 6. The number of imidazole rings is 1. The molecule has 0 aromatic carbocycles. The minimum atomic E-state index is 0.531. The van der Waals surface area contributed by atoms with Crippen LogP contribution in [-0.2, 0) is 13.6 Å². The topological polar surface area (TPSA) is 99.6 Å². The van der Waals surface area contributed by atoms with Crippen molar-refractivity contribution in [3.05, 3.63) is 88.9 Å². The molecule has 6 rings (SSSR count). The van der Waals surface area contributed by atoms with Crippen LogP contribution in [0.5, 0.6) is 0 Å². The maximum Gasteiger partial charge on any atom is 0.230 e. The number of thiophene rings is 1. The Morgan fingerprint density at radius 3 is 2.88 bits per heavy atom. The number of fused-ring (bicyclic) bond motifs is 3. The molecule has 2 bridgehead atoms. The van der Waals surface area contributed by atoms with Gasteiger partial charge in [0.2, 0.25) is 5.95 Å². The van der Waals surface area contributed by atoms with Gasteiger partial charge in [-0.25, -0.2) is 9.97 Å². The number of hydrogen-bond acceptors (Lipinski definition) is 8. The number of nitrogens with one attached hydrogen (secondary N) is 3. The molecular weight excluding hydrogens is 434 g/mol. The second-order valence-corrected chi connectivity index (χ2v) is 8.78. The maximum atomic E-state index is 4.74. The van der Waals surface area contributed by atoms with Crippen molar-refractivity contribution in [1.29, 1.82) is 0 Å². The van der Waals surface area contributed by atoms with Crippen molar-refractivity contribution in [2.75, 3.05) is 10.6 Å². The fraction of sp³-hybridized carbons (Fsp3) is 0.130. The Morgan fingerprint density at radius 2 is 2.09 bits per heavy atom. The van der Waals surface area contributed by atoms with Gasteiger partial charge in [-0.1, -0.05) is 6.08 Å². The molecule has 0 aliphatic carbocycles. The van der Waals surface area contributed by atoms with Gasteiger partial charge in [-0.3, -0.25) is 5.10 Å². The highest BCUT2D eigenvalue weighted by Gasteiger charge is 2.21. The van der Waals surface area contributed by atoms with E-state index in [0.29, 0.717) is 12.5 Å². The molecule has 6 heterocycles.